The molecular formula is C18H15N3O2. The summed E-state index contributed by atoms with van der Waals surface area (Å²) in [6, 6.07) is 11.8. The van der Waals surface area contributed by atoms with Gasteiger partial charge in [-0.2, -0.15) is 0 Å². The molecule has 5 heteroatoms. The number of methoxy groups -OCH3 is 2. The van der Waals surface area contributed by atoms with Gasteiger partial charge in [-0.05, 0) is 30.3 Å². The molecule has 0 atom stereocenters. The number of aromatic amines is 1. The monoisotopic (exact) mass is 305 g/mol. The Labute approximate surface area is 132 Å². The lowest BCUT2D eigenvalue weighted by Gasteiger charge is -2.03. The first-order valence-corrected chi connectivity index (χ1v) is 7.24. The Kier molecular flexibility index (Phi) is 3.12. The van der Waals surface area contributed by atoms with E-state index < -0.39 is 0 Å². The first kappa shape index (κ1) is 13.6. The smallest absolute Gasteiger partial charge is 0.212 e. The summed E-state index contributed by atoms with van der Waals surface area (Å²) >= 11 is 0. The molecule has 0 aliphatic carbocycles. The summed E-state index contributed by atoms with van der Waals surface area (Å²) in [5, 5.41) is 2.23. The number of nitrogens with one attached hydrogen (secondary N) is 1. The molecule has 0 unspecified atom stereocenters. The Balaban J connectivity index is 1.89. The predicted octanol–water partition coefficient (Wildman–Crippen LogP) is 3.80. The summed E-state index contributed by atoms with van der Waals surface area (Å²) in [5.74, 6) is 1.43. The molecule has 23 heavy (non-hydrogen) atoms. The van der Waals surface area contributed by atoms with Crippen molar-refractivity contribution in [3.05, 3.63) is 48.8 Å². The highest BCUT2D eigenvalue weighted by molar-refractivity contribution is 6.08. The second kappa shape index (κ2) is 5.28. The van der Waals surface area contributed by atoms with Gasteiger partial charge in [0.1, 0.15) is 5.75 Å². The fraction of sp³-hybridized carbons (Fsp3) is 0.111. The van der Waals surface area contributed by atoms with Gasteiger partial charge in [0.15, 0.2) is 0 Å². The van der Waals surface area contributed by atoms with Gasteiger partial charge in [-0.3, -0.25) is 4.98 Å². The average Bonchev–Trinajstić information content (AvgIpc) is 2.98. The van der Waals surface area contributed by atoms with E-state index in [1.54, 1.807) is 20.4 Å². The van der Waals surface area contributed by atoms with Crippen molar-refractivity contribution in [2.75, 3.05) is 14.2 Å². The number of rotatable bonds is 3. The number of fused-ring (bicyclic) bond motifs is 3. The standard InChI is InChI=1S/C18H15N3O2/c1-22-12-4-5-15-13(7-12)14-8-16(19-10-17(14)21-15)11-3-6-18(23-2)20-9-11/h3-10,21H,1-2H3. The molecule has 0 spiro atoms. The minimum absolute atomic E-state index is 0.589. The van der Waals surface area contributed by atoms with Crippen LogP contribution in [0, 0.1) is 0 Å². The molecule has 1 N–H and O–H groups in total. The quantitative estimate of drug-likeness (QED) is 0.625. The van der Waals surface area contributed by atoms with Gasteiger partial charge in [0, 0.05) is 34.1 Å². The Morgan fingerprint density at radius 1 is 0.826 bits per heavy atom. The van der Waals surface area contributed by atoms with Crippen molar-refractivity contribution in [2.45, 2.75) is 0 Å². The first-order valence-electron chi connectivity index (χ1n) is 7.24. The fourth-order valence-corrected chi connectivity index (χ4v) is 2.72. The van der Waals surface area contributed by atoms with E-state index in [9.17, 15) is 0 Å². The molecule has 3 heterocycles. The van der Waals surface area contributed by atoms with Crippen LogP contribution in [0.5, 0.6) is 11.6 Å². The maximum atomic E-state index is 5.33. The van der Waals surface area contributed by atoms with Crippen LogP contribution in [0.15, 0.2) is 48.8 Å². The molecule has 0 aliphatic heterocycles. The van der Waals surface area contributed by atoms with Crippen LogP contribution in [0.25, 0.3) is 33.1 Å². The summed E-state index contributed by atoms with van der Waals surface area (Å²) in [7, 11) is 3.28. The van der Waals surface area contributed by atoms with Crippen LogP contribution >= 0.6 is 0 Å². The van der Waals surface area contributed by atoms with Crippen molar-refractivity contribution in [2.24, 2.45) is 0 Å². The van der Waals surface area contributed by atoms with Crippen LogP contribution in [0.1, 0.15) is 0 Å². The zero-order chi connectivity index (χ0) is 15.8. The van der Waals surface area contributed by atoms with Gasteiger partial charge in [-0.1, -0.05) is 0 Å². The molecule has 0 bridgehead atoms. The highest BCUT2D eigenvalue weighted by atomic mass is 16.5. The molecule has 3 aromatic heterocycles. The molecule has 0 radical (unpaired) electrons. The van der Waals surface area contributed by atoms with Crippen molar-refractivity contribution in [3.8, 4) is 22.9 Å². The Morgan fingerprint density at radius 2 is 1.70 bits per heavy atom. The van der Waals surface area contributed by atoms with Crippen LogP contribution in [0.3, 0.4) is 0 Å². The Hall–Kier alpha value is -3.08. The van der Waals surface area contributed by atoms with Crippen molar-refractivity contribution in [1.82, 2.24) is 15.0 Å². The molecule has 4 aromatic rings. The van der Waals surface area contributed by atoms with Gasteiger partial charge in [0.25, 0.3) is 0 Å². The van der Waals surface area contributed by atoms with Crippen LogP contribution in [0.2, 0.25) is 0 Å². The number of hydrogen-bond donors (Lipinski definition) is 1. The highest BCUT2D eigenvalue weighted by Crippen LogP contribution is 2.30. The third kappa shape index (κ3) is 2.26. The molecule has 114 valence electrons. The van der Waals surface area contributed by atoms with Crippen molar-refractivity contribution in [3.63, 3.8) is 0 Å². The van der Waals surface area contributed by atoms with Gasteiger partial charge < -0.3 is 14.5 Å². The van der Waals surface area contributed by atoms with E-state index in [4.69, 9.17) is 9.47 Å². The Morgan fingerprint density at radius 3 is 2.43 bits per heavy atom. The molecule has 0 aliphatic rings. The normalized spacial score (nSPS) is 11.0. The van der Waals surface area contributed by atoms with E-state index in [1.807, 2.05) is 36.5 Å². The van der Waals surface area contributed by atoms with Crippen LogP contribution in [0.4, 0.5) is 0 Å². The minimum Gasteiger partial charge on any atom is -0.497 e. The molecule has 0 saturated carbocycles. The Bertz CT molecular complexity index is 990. The molecule has 0 saturated heterocycles. The van der Waals surface area contributed by atoms with Crippen LogP contribution in [-0.2, 0) is 0 Å². The highest BCUT2D eigenvalue weighted by Gasteiger charge is 2.09. The molecule has 0 amide bonds. The lowest BCUT2D eigenvalue weighted by molar-refractivity contribution is 0.398. The maximum Gasteiger partial charge on any atom is 0.212 e. The van der Waals surface area contributed by atoms with E-state index >= 15 is 0 Å². The molecular weight excluding hydrogens is 290 g/mol. The number of nitrogens with zero attached hydrogens (tertiary/aromatic N) is 2. The molecule has 0 fully saturated rings. The number of H-pyrrole nitrogens is 1. The summed E-state index contributed by atoms with van der Waals surface area (Å²) in [5.41, 5.74) is 3.88. The molecule has 1 aromatic carbocycles. The average molecular weight is 305 g/mol. The van der Waals surface area contributed by atoms with Gasteiger partial charge in [-0.25, -0.2) is 4.98 Å². The second-order valence-corrected chi connectivity index (χ2v) is 5.24. The fourth-order valence-electron chi connectivity index (χ4n) is 2.72. The lowest BCUT2D eigenvalue weighted by atomic mass is 10.1. The van der Waals surface area contributed by atoms with Gasteiger partial charge >= 0.3 is 0 Å². The van der Waals surface area contributed by atoms with E-state index in [1.165, 1.54) is 0 Å². The van der Waals surface area contributed by atoms with E-state index in [0.29, 0.717) is 5.88 Å². The van der Waals surface area contributed by atoms with E-state index in [-0.39, 0.29) is 0 Å². The van der Waals surface area contributed by atoms with Crippen molar-refractivity contribution >= 4 is 21.8 Å². The minimum atomic E-state index is 0.589. The maximum absolute atomic E-state index is 5.33. The predicted molar refractivity (Wildman–Crippen MR) is 89.9 cm³/mol. The van der Waals surface area contributed by atoms with Gasteiger partial charge in [0.2, 0.25) is 5.88 Å². The number of ether oxygens (including phenoxy) is 2. The number of hydrogen-bond acceptors (Lipinski definition) is 4. The van der Waals surface area contributed by atoms with Crippen LogP contribution in [-0.4, -0.2) is 29.2 Å². The first-order chi connectivity index (χ1) is 11.3. The largest absolute Gasteiger partial charge is 0.497 e. The number of benzene rings is 1. The van der Waals surface area contributed by atoms with Gasteiger partial charge in [0.05, 0.1) is 31.6 Å². The zero-order valence-electron chi connectivity index (χ0n) is 12.8. The van der Waals surface area contributed by atoms with Crippen molar-refractivity contribution < 1.29 is 9.47 Å². The van der Waals surface area contributed by atoms with Crippen molar-refractivity contribution in [1.29, 1.82) is 0 Å². The molecule has 4 rings (SSSR count). The summed E-state index contributed by atoms with van der Waals surface area (Å²) in [6.45, 7) is 0. The van der Waals surface area contributed by atoms with E-state index in [2.05, 4.69) is 21.0 Å². The third-order valence-corrected chi connectivity index (χ3v) is 3.93. The third-order valence-electron chi connectivity index (χ3n) is 3.93. The second-order valence-electron chi connectivity index (χ2n) is 5.24. The summed E-state index contributed by atoms with van der Waals surface area (Å²) in [4.78, 5) is 12.1. The van der Waals surface area contributed by atoms with Crippen LogP contribution < -0.4 is 9.47 Å². The SMILES string of the molecule is COc1ccc2[nH]c3cnc(-c4ccc(OC)nc4)cc3c2c1. The van der Waals surface area contributed by atoms with E-state index in [0.717, 1.165) is 38.8 Å². The zero-order valence-corrected chi connectivity index (χ0v) is 12.8. The molecule has 5 nitrogen and oxygen atoms in total. The lowest BCUT2D eigenvalue weighted by Crippen LogP contribution is -1.88. The van der Waals surface area contributed by atoms with Gasteiger partial charge in [-0.15, -0.1) is 0 Å². The summed E-state index contributed by atoms with van der Waals surface area (Å²) in [6.07, 6.45) is 3.61. The number of pyridine rings is 2. The topological polar surface area (TPSA) is 60.0 Å². The number of aromatic nitrogens is 3. The summed E-state index contributed by atoms with van der Waals surface area (Å²) < 4.78 is 10.4.